The third kappa shape index (κ3) is 3.36. The Morgan fingerprint density at radius 3 is 2.41 bits per heavy atom. The molecule has 4 aromatic heterocycles. The molecule has 0 aliphatic carbocycles. The molecule has 4 aromatic rings. The lowest BCUT2D eigenvalue weighted by Gasteiger charge is -2.14. The van der Waals surface area contributed by atoms with E-state index in [-0.39, 0.29) is 0 Å². The van der Waals surface area contributed by atoms with Gasteiger partial charge in [0.15, 0.2) is 11.5 Å². The maximum Gasteiger partial charge on any atom is 0.168 e. The molecule has 8 heteroatoms. The van der Waals surface area contributed by atoms with E-state index in [0.717, 1.165) is 57.0 Å². The molecule has 0 atom stereocenters. The van der Waals surface area contributed by atoms with Gasteiger partial charge in [0.1, 0.15) is 11.5 Å². The lowest BCUT2D eigenvalue weighted by atomic mass is 9.95. The van der Waals surface area contributed by atoms with Gasteiger partial charge < -0.3 is 0 Å². The van der Waals surface area contributed by atoms with E-state index in [0.29, 0.717) is 10.9 Å². The molecule has 0 radical (unpaired) electrons. The summed E-state index contributed by atoms with van der Waals surface area (Å²) >= 11 is 8.30. The van der Waals surface area contributed by atoms with Gasteiger partial charge in [0, 0.05) is 12.6 Å². The van der Waals surface area contributed by atoms with Crippen LogP contribution in [0.3, 0.4) is 0 Å². The summed E-state index contributed by atoms with van der Waals surface area (Å²) in [6.45, 7) is 10.4. The van der Waals surface area contributed by atoms with Crippen LogP contribution in [0.15, 0.2) is 12.1 Å². The maximum atomic E-state index is 6.70. The fourth-order valence-electron chi connectivity index (χ4n) is 3.94. The minimum atomic E-state index is 0.463. The number of halogens is 1. The molecule has 0 aliphatic heterocycles. The zero-order valence-electron chi connectivity index (χ0n) is 17.6. The second-order valence-electron chi connectivity index (χ2n) is 7.43. The minimum absolute atomic E-state index is 0.463. The maximum absolute atomic E-state index is 6.70. The molecule has 0 fully saturated rings. The van der Waals surface area contributed by atoms with Crippen LogP contribution in [0.1, 0.15) is 55.4 Å². The number of fused-ring (bicyclic) bond motifs is 1. The molecular weight excluding hydrogens is 404 g/mol. The third-order valence-electron chi connectivity index (χ3n) is 5.33. The topological polar surface area (TPSA) is 60.9 Å². The summed E-state index contributed by atoms with van der Waals surface area (Å²) in [5.41, 5.74) is 5.05. The van der Waals surface area contributed by atoms with Gasteiger partial charge in [-0.15, -0.1) is 11.3 Å². The number of hydrogen-bond donors (Lipinski definition) is 0. The van der Waals surface area contributed by atoms with Gasteiger partial charge in [-0.25, -0.2) is 19.2 Å². The number of hydrogen-bond acceptors (Lipinski definition) is 5. The minimum Gasteiger partial charge on any atom is -0.248 e. The zero-order chi connectivity index (χ0) is 20.9. The molecule has 6 nitrogen and oxygen atoms in total. The van der Waals surface area contributed by atoms with Gasteiger partial charge in [0.05, 0.1) is 26.2 Å². The molecule has 0 spiro atoms. The van der Waals surface area contributed by atoms with E-state index in [2.05, 4.69) is 30.0 Å². The van der Waals surface area contributed by atoms with Gasteiger partial charge in [-0.2, -0.15) is 10.2 Å². The van der Waals surface area contributed by atoms with Crippen molar-refractivity contribution >= 4 is 28.6 Å². The summed E-state index contributed by atoms with van der Waals surface area (Å²) in [5.74, 6) is 2.02. The average Bonchev–Trinajstić information content (AvgIpc) is 3.30. The van der Waals surface area contributed by atoms with Crippen LogP contribution >= 0.6 is 22.9 Å². The summed E-state index contributed by atoms with van der Waals surface area (Å²) in [6.07, 6.45) is 2.15. The van der Waals surface area contributed by atoms with Crippen LogP contribution < -0.4 is 0 Å². The summed E-state index contributed by atoms with van der Waals surface area (Å²) in [7, 11) is 1.90. The fraction of sp³-hybridized carbons (Fsp3) is 0.429. The molecule has 4 heterocycles. The number of thiophene rings is 1. The van der Waals surface area contributed by atoms with E-state index in [1.165, 1.54) is 5.56 Å². The Morgan fingerprint density at radius 1 is 1.07 bits per heavy atom. The van der Waals surface area contributed by atoms with Crippen molar-refractivity contribution < 1.29 is 0 Å². The van der Waals surface area contributed by atoms with Crippen molar-refractivity contribution in [1.82, 2.24) is 29.4 Å². The largest absolute Gasteiger partial charge is 0.248 e. The molecule has 0 unspecified atom stereocenters. The Morgan fingerprint density at radius 2 is 1.79 bits per heavy atom. The van der Waals surface area contributed by atoms with Crippen molar-refractivity contribution in [2.24, 2.45) is 7.05 Å². The van der Waals surface area contributed by atoms with Crippen LogP contribution in [0, 0.1) is 20.8 Å². The molecule has 0 bridgehead atoms. The number of nitrogens with zero attached hydrogens (tertiary/aromatic N) is 6. The molecule has 152 valence electrons. The Labute approximate surface area is 179 Å². The lowest BCUT2D eigenvalue weighted by molar-refractivity contribution is 0.638. The predicted octanol–water partition coefficient (Wildman–Crippen LogP) is 5.74. The Bertz CT molecular complexity index is 1200. The SMILES string of the molecule is CCC(CC)c1cc(C)nn2c(-c3sc(-c4nc(C)nn4C)cc3Cl)c(C)nc12. The van der Waals surface area contributed by atoms with Gasteiger partial charge in [-0.3, -0.25) is 0 Å². The van der Waals surface area contributed by atoms with Crippen LogP contribution in [0.2, 0.25) is 5.02 Å². The third-order valence-corrected chi connectivity index (χ3v) is 6.87. The molecular formula is C21H25ClN6S. The molecule has 4 rings (SSSR count). The molecule has 0 aromatic carbocycles. The van der Waals surface area contributed by atoms with Gasteiger partial charge in [-0.05, 0) is 51.7 Å². The first kappa shape index (κ1) is 20.0. The standard InChI is InChI=1S/C21H25ClN6S/c1-7-14(8-2)15-9-11(3)25-28-18(12(4)23-20(15)28)19-16(22)10-17(29-19)21-24-13(5)26-27(21)6/h9-10,14H,7-8H2,1-6H3. The smallest absolute Gasteiger partial charge is 0.168 e. The van der Waals surface area contributed by atoms with Crippen molar-refractivity contribution in [2.45, 2.75) is 53.4 Å². The quantitative estimate of drug-likeness (QED) is 0.407. The van der Waals surface area contributed by atoms with E-state index >= 15 is 0 Å². The highest BCUT2D eigenvalue weighted by Crippen LogP contribution is 2.42. The summed E-state index contributed by atoms with van der Waals surface area (Å²) in [4.78, 5) is 11.4. The first-order valence-electron chi connectivity index (χ1n) is 9.88. The molecule has 0 saturated heterocycles. The van der Waals surface area contributed by atoms with E-state index < -0.39 is 0 Å². The number of aryl methyl sites for hydroxylation is 4. The normalized spacial score (nSPS) is 11.9. The first-order valence-corrected chi connectivity index (χ1v) is 11.1. The van der Waals surface area contributed by atoms with Crippen LogP contribution in [-0.4, -0.2) is 29.4 Å². The summed E-state index contributed by atoms with van der Waals surface area (Å²) in [5, 5.41) is 9.84. The molecule has 29 heavy (non-hydrogen) atoms. The van der Waals surface area contributed by atoms with Crippen molar-refractivity contribution in [1.29, 1.82) is 0 Å². The van der Waals surface area contributed by atoms with Crippen molar-refractivity contribution in [3.63, 3.8) is 0 Å². The predicted molar refractivity (Wildman–Crippen MR) is 119 cm³/mol. The molecule has 0 aliphatic rings. The lowest BCUT2D eigenvalue weighted by Crippen LogP contribution is -2.04. The molecule has 0 N–H and O–H groups in total. The van der Waals surface area contributed by atoms with Gasteiger partial charge in [-0.1, -0.05) is 25.4 Å². The highest BCUT2D eigenvalue weighted by molar-refractivity contribution is 7.19. The fourth-order valence-corrected chi connectivity index (χ4v) is 5.47. The van der Waals surface area contributed by atoms with E-state index in [4.69, 9.17) is 21.7 Å². The van der Waals surface area contributed by atoms with Gasteiger partial charge in [0.2, 0.25) is 0 Å². The Hall–Kier alpha value is -2.25. The van der Waals surface area contributed by atoms with Crippen molar-refractivity contribution in [2.75, 3.05) is 0 Å². The van der Waals surface area contributed by atoms with E-state index in [9.17, 15) is 0 Å². The Balaban J connectivity index is 1.93. The Kier molecular flexibility index (Phi) is 5.21. The number of imidazole rings is 1. The van der Waals surface area contributed by atoms with E-state index in [1.807, 2.05) is 38.4 Å². The highest BCUT2D eigenvalue weighted by atomic mass is 35.5. The monoisotopic (exact) mass is 428 g/mol. The first-order chi connectivity index (χ1) is 13.8. The molecule has 0 saturated carbocycles. The van der Waals surface area contributed by atoms with Gasteiger partial charge >= 0.3 is 0 Å². The van der Waals surface area contributed by atoms with E-state index in [1.54, 1.807) is 16.0 Å². The highest BCUT2D eigenvalue weighted by Gasteiger charge is 2.23. The van der Waals surface area contributed by atoms with Crippen molar-refractivity contribution in [3.05, 3.63) is 39.9 Å². The summed E-state index contributed by atoms with van der Waals surface area (Å²) in [6, 6.07) is 4.13. The second kappa shape index (κ2) is 7.54. The van der Waals surface area contributed by atoms with Crippen LogP contribution in [0.4, 0.5) is 0 Å². The van der Waals surface area contributed by atoms with Crippen LogP contribution in [-0.2, 0) is 7.05 Å². The summed E-state index contributed by atoms with van der Waals surface area (Å²) < 4.78 is 3.76. The number of rotatable bonds is 5. The van der Waals surface area contributed by atoms with Crippen LogP contribution in [0.5, 0.6) is 0 Å². The van der Waals surface area contributed by atoms with Crippen LogP contribution in [0.25, 0.3) is 26.9 Å². The average molecular weight is 429 g/mol. The number of aromatic nitrogens is 6. The zero-order valence-corrected chi connectivity index (χ0v) is 19.2. The van der Waals surface area contributed by atoms with Crippen molar-refractivity contribution in [3.8, 4) is 21.3 Å². The molecule has 0 amide bonds. The second-order valence-corrected chi connectivity index (χ2v) is 8.89. The van der Waals surface area contributed by atoms with Gasteiger partial charge in [0.25, 0.3) is 0 Å².